The Bertz CT molecular complexity index is 379. The lowest BCUT2D eigenvalue weighted by Crippen LogP contribution is -2.52. The molecule has 0 aromatic heterocycles. The Hall–Kier alpha value is -1.63. The molecule has 0 aromatic carbocycles. The highest BCUT2D eigenvalue weighted by atomic mass is 16.2. The quantitative estimate of drug-likeness (QED) is 0.567. The van der Waals surface area contributed by atoms with Crippen LogP contribution in [0.1, 0.15) is 25.7 Å². The molecule has 19 heavy (non-hydrogen) atoms. The molecule has 7 heteroatoms. The van der Waals surface area contributed by atoms with Crippen LogP contribution in [0.5, 0.6) is 0 Å². The summed E-state index contributed by atoms with van der Waals surface area (Å²) in [5, 5.41) is 6.02. The summed E-state index contributed by atoms with van der Waals surface area (Å²) in [6.07, 6.45) is 2.76. The van der Waals surface area contributed by atoms with E-state index in [4.69, 9.17) is 5.73 Å². The van der Waals surface area contributed by atoms with Gasteiger partial charge in [-0.15, -0.1) is 0 Å². The van der Waals surface area contributed by atoms with E-state index in [1.54, 1.807) is 0 Å². The van der Waals surface area contributed by atoms with Crippen molar-refractivity contribution in [2.24, 2.45) is 5.73 Å². The van der Waals surface area contributed by atoms with Gasteiger partial charge in [-0.05, 0) is 25.8 Å². The molecule has 2 fully saturated rings. The zero-order valence-corrected chi connectivity index (χ0v) is 10.9. The molecular weight excluding hydrogens is 248 g/mol. The van der Waals surface area contributed by atoms with Crippen LogP contribution < -0.4 is 16.4 Å². The smallest absolute Gasteiger partial charge is 0.237 e. The lowest BCUT2D eigenvalue weighted by Gasteiger charge is -2.31. The number of nitrogens with one attached hydrogen (secondary N) is 2. The first-order chi connectivity index (χ1) is 9.06. The molecule has 2 atom stereocenters. The number of piperidine rings is 1. The zero-order chi connectivity index (χ0) is 13.8. The molecule has 2 rings (SSSR count). The molecule has 2 saturated heterocycles. The Balaban J connectivity index is 1.79. The van der Waals surface area contributed by atoms with Gasteiger partial charge in [0.05, 0.1) is 12.6 Å². The third-order valence-electron chi connectivity index (χ3n) is 3.59. The second-order valence-corrected chi connectivity index (χ2v) is 5.13. The van der Waals surface area contributed by atoms with Crippen molar-refractivity contribution in [3.05, 3.63) is 0 Å². The van der Waals surface area contributed by atoms with E-state index in [0.29, 0.717) is 13.0 Å². The first-order valence-corrected chi connectivity index (χ1v) is 6.66. The average molecular weight is 268 g/mol. The lowest BCUT2D eigenvalue weighted by atomic mass is 10.0. The highest BCUT2D eigenvalue weighted by Gasteiger charge is 2.30. The van der Waals surface area contributed by atoms with E-state index >= 15 is 0 Å². The number of likely N-dealkylation sites (tertiary alicyclic amines) is 1. The SMILES string of the molecule is NC(=O)CN1CC[C@H](NC(=O)[C@@H]2CCCN2)CC1=O. The molecule has 0 saturated carbocycles. The fourth-order valence-corrected chi connectivity index (χ4v) is 2.57. The van der Waals surface area contributed by atoms with Gasteiger partial charge in [-0.1, -0.05) is 0 Å². The molecule has 7 nitrogen and oxygen atoms in total. The highest BCUT2D eigenvalue weighted by Crippen LogP contribution is 2.13. The van der Waals surface area contributed by atoms with Crippen LogP contribution in [0.15, 0.2) is 0 Å². The zero-order valence-electron chi connectivity index (χ0n) is 10.9. The van der Waals surface area contributed by atoms with Crippen molar-refractivity contribution < 1.29 is 14.4 Å². The van der Waals surface area contributed by atoms with E-state index in [0.717, 1.165) is 19.4 Å². The second kappa shape index (κ2) is 6.01. The summed E-state index contributed by atoms with van der Waals surface area (Å²) >= 11 is 0. The molecule has 0 radical (unpaired) electrons. The van der Waals surface area contributed by atoms with E-state index < -0.39 is 5.91 Å². The summed E-state index contributed by atoms with van der Waals surface area (Å²) in [5.74, 6) is -0.667. The third kappa shape index (κ3) is 3.66. The van der Waals surface area contributed by atoms with Crippen molar-refractivity contribution in [2.75, 3.05) is 19.6 Å². The van der Waals surface area contributed by atoms with Gasteiger partial charge in [0.1, 0.15) is 0 Å². The maximum Gasteiger partial charge on any atom is 0.237 e. The van der Waals surface area contributed by atoms with Gasteiger partial charge in [0.2, 0.25) is 17.7 Å². The molecule has 106 valence electrons. The summed E-state index contributed by atoms with van der Waals surface area (Å²) < 4.78 is 0. The van der Waals surface area contributed by atoms with E-state index in [1.165, 1.54) is 4.90 Å². The predicted molar refractivity (Wildman–Crippen MR) is 68.0 cm³/mol. The number of rotatable bonds is 4. The van der Waals surface area contributed by atoms with Crippen LogP contribution in [0.4, 0.5) is 0 Å². The van der Waals surface area contributed by atoms with Crippen LogP contribution in [0, 0.1) is 0 Å². The monoisotopic (exact) mass is 268 g/mol. The molecule has 0 spiro atoms. The summed E-state index contributed by atoms with van der Waals surface area (Å²) in [5.41, 5.74) is 5.07. The van der Waals surface area contributed by atoms with Gasteiger partial charge >= 0.3 is 0 Å². The molecule has 0 unspecified atom stereocenters. The van der Waals surface area contributed by atoms with Gasteiger partial charge in [0.15, 0.2) is 0 Å². The number of nitrogens with zero attached hydrogens (tertiary/aromatic N) is 1. The maximum atomic E-state index is 11.9. The summed E-state index contributed by atoms with van der Waals surface area (Å²) in [7, 11) is 0. The topological polar surface area (TPSA) is 105 Å². The molecule has 2 aliphatic heterocycles. The molecule has 0 aliphatic carbocycles. The van der Waals surface area contributed by atoms with Gasteiger partial charge in [0.25, 0.3) is 0 Å². The number of hydrogen-bond donors (Lipinski definition) is 3. The summed E-state index contributed by atoms with van der Waals surface area (Å²) in [6, 6.07) is -0.259. The van der Waals surface area contributed by atoms with Crippen molar-refractivity contribution in [1.29, 1.82) is 0 Å². The van der Waals surface area contributed by atoms with Gasteiger partial charge < -0.3 is 21.3 Å². The van der Waals surface area contributed by atoms with Crippen molar-refractivity contribution >= 4 is 17.7 Å². The number of carbonyl (C=O) groups is 3. The minimum atomic E-state index is -0.508. The Morgan fingerprint density at radius 3 is 2.79 bits per heavy atom. The van der Waals surface area contributed by atoms with Crippen molar-refractivity contribution in [1.82, 2.24) is 15.5 Å². The third-order valence-corrected chi connectivity index (χ3v) is 3.59. The standard InChI is InChI=1S/C12H20N4O3/c13-10(17)7-16-5-3-8(6-11(16)18)15-12(19)9-2-1-4-14-9/h8-9,14H,1-7H2,(H2,13,17)(H,15,19)/t8-,9-/m0/s1. The first kappa shape index (κ1) is 13.8. The highest BCUT2D eigenvalue weighted by molar-refractivity contribution is 5.86. The van der Waals surface area contributed by atoms with Crippen molar-refractivity contribution in [2.45, 2.75) is 37.8 Å². The van der Waals surface area contributed by atoms with E-state index in [9.17, 15) is 14.4 Å². The number of primary amides is 1. The number of carbonyl (C=O) groups excluding carboxylic acids is 3. The van der Waals surface area contributed by atoms with Crippen LogP contribution in [-0.4, -0.2) is 54.3 Å². The minimum Gasteiger partial charge on any atom is -0.368 e. The fraction of sp³-hybridized carbons (Fsp3) is 0.750. The minimum absolute atomic E-state index is 0.0290. The Morgan fingerprint density at radius 2 is 2.21 bits per heavy atom. The lowest BCUT2D eigenvalue weighted by molar-refractivity contribution is -0.138. The molecule has 3 amide bonds. The largest absolute Gasteiger partial charge is 0.368 e. The number of amides is 3. The van der Waals surface area contributed by atoms with E-state index in [2.05, 4.69) is 10.6 Å². The normalized spacial score (nSPS) is 27.4. The Morgan fingerprint density at radius 1 is 1.42 bits per heavy atom. The summed E-state index contributed by atoms with van der Waals surface area (Å²) in [4.78, 5) is 35.9. The number of hydrogen-bond acceptors (Lipinski definition) is 4. The molecule has 0 bridgehead atoms. The van der Waals surface area contributed by atoms with E-state index in [-0.39, 0.29) is 36.9 Å². The maximum absolute atomic E-state index is 11.9. The number of nitrogens with two attached hydrogens (primary N) is 1. The predicted octanol–water partition coefficient (Wildman–Crippen LogP) is -1.67. The molecule has 0 aromatic rings. The molecular formula is C12H20N4O3. The Labute approximate surface area is 111 Å². The molecule has 4 N–H and O–H groups in total. The van der Waals surface area contributed by atoms with Crippen LogP contribution in [0.2, 0.25) is 0 Å². The van der Waals surface area contributed by atoms with Crippen molar-refractivity contribution in [3.63, 3.8) is 0 Å². The summed E-state index contributed by atoms with van der Waals surface area (Å²) in [6.45, 7) is 1.29. The Kier molecular flexibility index (Phi) is 4.36. The van der Waals surface area contributed by atoms with Crippen molar-refractivity contribution in [3.8, 4) is 0 Å². The molecule has 2 aliphatic rings. The van der Waals surface area contributed by atoms with Crippen LogP contribution in [0.25, 0.3) is 0 Å². The van der Waals surface area contributed by atoms with Crippen LogP contribution in [-0.2, 0) is 14.4 Å². The fourth-order valence-electron chi connectivity index (χ4n) is 2.57. The van der Waals surface area contributed by atoms with Gasteiger partial charge in [-0.2, -0.15) is 0 Å². The first-order valence-electron chi connectivity index (χ1n) is 6.66. The van der Waals surface area contributed by atoms with Crippen LogP contribution in [0.3, 0.4) is 0 Å². The van der Waals surface area contributed by atoms with Gasteiger partial charge in [-0.3, -0.25) is 14.4 Å². The van der Waals surface area contributed by atoms with E-state index in [1.807, 2.05) is 0 Å². The van der Waals surface area contributed by atoms with Gasteiger partial charge in [0, 0.05) is 19.0 Å². The second-order valence-electron chi connectivity index (χ2n) is 5.13. The molecule has 2 heterocycles. The average Bonchev–Trinajstić information content (AvgIpc) is 2.86. The van der Waals surface area contributed by atoms with Gasteiger partial charge in [-0.25, -0.2) is 0 Å². The van der Waals surface area contributed by atoms with Crippen LogP contribution >= 0.6 is 0 Å².